The van der Waals surface area contributed by atoms with Gasteiger partial charge in [-0.1, -0.05) is 6.07 Å². The van der Waals surface area contributed by atoms with Crippen molar-refractivity contribution in [3.8, 4) is 11.8 Å². The van der Waals surface area contributed by atoms with Crippen molar-refractivity contribution in [2.45, 2.75) is 36.6 Å². The molecule has 5 atom stereocenters. The Balaban J connectivity index is 1.31. The Kier molecular flexibility index (Phi) is 4.83. The number of ether oxygens (including phenoxy) is 4. The van der Waals surface area contributed by atoms with Crippen LogP contribution in [0.15, 0.2) is 24.3 Å². The number of H-pyrrole nitrogens is 1. The Labute approximate surface area is 189 Å². The molecule has 0 bridgehead atoms. The first-order chi connectivity index (χ1) is 16.3. The number of pyridine rings is 1. The van der Waals surface area contributed by atoms with Crippen molar-refractivity contribution in [1.29, 1.82) is 0 Å². The molecule has 2 unspecified atom stereocenters. The fourth-order valence-corrected chi connectivity index (χ4v) is 4.51. The summed E-state index contributed by atoms with van der Waals surface area (Å²) in [7, 11) is 0. The van der Waals surface area contributed by atoms with Crippen LogP contribution in [0.4, 0.5) is 23.4 Å². The smallest absolute Gasteiger partial charge is 0.420 e. The standard InChI is InChI=1S/C21H18F4N4O5/c22-9-2-1-3-13-15(9)11(5-31-13)26-18-8(21(23,24)25)4-10-19(28-18)29-20(27-10)34-14-7-33-16-12(30)6-32-17(14)16/h1-4,11-12,14,16-17,30H,5-7H2,(H2,26,27,28,29)/t11-,12+,14+,16?,17?/m0/s1. The van der Waals surface area contributed by atoms with E-state index in [9.17, 15) is 22.7 Å². The molecular formula is C21H18F4N4O5. The fraction of sp³-hybridized carbons (Fsp3) is 0.429. The second-order valence-corrected chi connectivity index (χ2v) is 8.27. The van der Waals surface area contributed by atoms with Gasteiger partial charge in [-0.2, -0.15) is 18.2 Å². The number of imidazole rings is 1. The number of alkyl halides is 3. The molecule has 34 heavy (non-hydrogen) atoms. The van der Waals surface area contributed by atoms with Crippen molar-refractivity contribution >= 4 is 17.0 Å². The molecule has 3 aliphatic heterocycles. The average molecular weight is 482 g/mol. The van der Waals surface area contributed by atoms with Crippen molar-refractivity contribution in [2.24, 2.45) is 0 Å². The molecule has 2 fully saturated rings. The van der Waals surface area contributed by atoms with E-state index in [2.05, 4.69) is 20.3 Å². The lowest BCUT2D eigenvalue weighted by Gasteiger charge is -2.17. The number of hydrogen-bond donors (Lipinski definition) is 3. The zero-order chi connectivity index (χ0) is 23.6. The summed E-state index contributed by atoms with van der Waals surface area (Å²) in [5, 5.41) is 12.5. The number of fused-ring (bicyclic) bond motifs is 3. The highest BCUT2D eigenvalue weighted by molar-refractivity contribution is 5.76. The van der Waals surface area contributed by atoms with Gasteiger partial charge in [0, 0.05) is 0 Å². The lowest BCUT2D eigenvalue weighted by Crippen LogP contribution is -2.34. The van der Waals surface area contributed by atoms with Gasteiger partial charge < -0.3 is 34.4 Å². The molecule has 2 saturated heterocycles. The molecule has 2 aromatic heterocycles. The molecule has 6 rings (SSSR count). The lowest BCUT2D eigenvalue weighted by atomic mass is 10.1. The van der Waals surface area contributed by atoms with Gasteiger partial charge in [0.2, 0.25) is 0 Å². The maximum absolute atomic E-state index is 14.3. The van der Waals surface area contributed by atoms with Crippen LogP contribution in [0.25, 0.3) is 11.2 Å². The minimum Gasteiger partial charge on any atom is -0.491 e. The predicted molar refractivity (Wildman–Crippen MR) is 107 cm³/mol. The topological polar surface area (TPSA) is 111 Å². The van der Waals surface area contributed by atoms with Crippen LogP contribution in [0.5, 0.6) is 11.8 Å². The summed E-state index contributed by atoms with van der Waals surface area (Å²) in [6, 6.07) is 4.16. The van der Waals surface area contributed by atoms with E-state index in [1.165, 1.54) is 12.1 Å². The van der Waals surface area contributed by atoms with Gasteiger partial charge in [-0.15, -0.1) is 0 Å². The Morgan fingerprint density at radius 2 is 1.94 bits per heavy atom. The molecular weight excluding hydrogens is 464 g/mol. The molecule has 3 N–H and O–H groups in total. The summed E-state index contributed by atoms with van der Waals surface area (Å²) in [4.78, 5) is 10.9. The minimum atomic E-state index is -4.74. The van der Waals surface area contributed by atoms with Crippen LogP contribution in [0.2, 0.25) is 0 Å². The zero-order valence-electron chi connectivity index (χ0n) is 17.3. The van der Waals surface area contributed by atoms with Crippen LogP contribution < -0.4 is 14.8 Å². The number of anilines is 1. The van der Waals surface area contributed by atoms with Crippen LogP contribution >= 0.6 is 0 Å². The number of aromatic amines is 1. The SMILES string of the molecule is O[C@@H]1COC2C1OC[C@H]2Oc1nc2nc(N[C@H]3COc4cccc(F)c43)c(C(F)(F)F)cc2[nH]1. The van der Waals surface area contributed by atoms with Crippen molar-refractivity contribution in [1.82, 2.24) is 15.0 Å². The number of aliphatic hydroxyl groups is 1. The van der Waals surface area contributed by atoms with E-state index in [-0.39, 0.29) is 48.3 Å². The molecule has 3 aliphatic rings. The lowest BCUT2D eigenvalue weighted by molar-refractivity contribution is -0.137. The average Bonchev–Trinajstić information content (AvgIpc) is 3.54. The first-order valence-corrected chi connectivity index (χ1v) is 10.5. The zero-order valence-corrected chi connectivity index (χ0v) is 17.3. The van der Waals surface area contributed by atoms with Crippen LogP contribution in [0, 0.1) is 5.82 Å². The normalized spacial score (nSPS) is 28.1. The fourth-order valence-electron chi connectivity index (χ4n) is 4.51. The van der Waals surface area contributed by atoms with Crippen LogP contribution in [-0.4, -0.2) is 64.3 Å². The number of nitrogens with zero attached hydrogens (tertiary/aromatic N) is 2. The molecule has 13 heteroatoms. The van der Waals surface area contributed by atoms with Gasteiger partial charge in [-0.3, -0.25) is 0 Å². The summed E-state index contributed by atoms with van der Waals surface area (Å²) >= 11 is 0. The largest absolute Gasteiger partial charge is 0.491 e. The summed E-state index contributed by atoms with van der Waals surface area (Å²) in [6.45, 7) is 0.178. The first kappa shape index (κ1) is 21.4. The van der Waals surface area contributed by atoms with Gasteiger partial charge in [0.25, 0.3) is 6.01 Å². The van der Waals surface area contributed by atoms with Gasteiger partial charge in [-0.05, 0) is 18.2 Å². The summed E-state index contributed by atoms with van der Waals surface area (Å²) < 4.78 is 77.9. The maximum Gasteiger partial charge on any atom is 0.420 e. The monoisotopic (exact) mass is 482 g/mol. The Morgan fingerprint density at radius 3 is 2.76 bits per heavy atom. The van der Waals surface area contributed by atoms with Crippen molar-refractivity contribution in [2.75, 3.05) is 25.1 Å². The third kappa shape index (κ3) is 3.51. The highest BCUT2D eigenvalue weighted by Gasteiger charge is 2.48. The molecule has 0 spiro atoms. The van der Waals surface area contributed by atoms with Gasteiger partial charge >= 0.3 is 6.18 Å². The van der Waals surface area contributed by atoms with Crippen molar-refractivity contribution in [3.05, 3.63) is 41.2 Å². The summed E-state index contributed by atoms with van der Waals surface area (Å²) in [5.74, 6) is -0.831. The highest BCUT2D eigenvalue weighted by atomic mass is 19.4. The second-order valence-electron chi connectivity index (χ2n) is 8.27. The minimum absolute atomic E-state index is 0.00460. The van der Waals surface area contributed by atoms with Gasteiger partial charge in [0.1, 0.15) is 47.9 Å². The van der Waals surface area contributed by atoms with E-state index >= 15 is 0 Å². The third-order valence-corrected chi connectivity index (χ3v) is 6.08. The van der Waals surface area contributed by atoms with Crippen LogP contribution in [0.3, 0.4) is 0 Å². The summed E-state index contributed by atoms with van der Waals surface area (Å²) in [5.41, 5.74) is -0.935. The quantitative estimate of drug-likeness (QED) is 0.487. The predicted octanol–water partition coefficient (Wildman–Crippen LogP) is 2.57. The first-order valence-electron chi connectivity index (χ1n) is 10.5. The number of benzene rings is 1. The molecule has 3 aromatic rings. The van der Waals surface area contributed by atoms with Gasteiger partial charge in [-0.25, -0.2) is 9.37 Å². The van der Waals surface area contributed by atoms with Gasteiger partial charge in [0.05, 0.1) is 30.3 Å². The number of nitrogens with one attached hydrogen (secondary N) is 2. The van der Waals surface area contributed by atoms with E-state index in [0.29, 0.717) is 0 Å². The molecule has 5 heterocycles. The molecule has 180 valence electrons. The second kappa shape index (κ2) is 7.68. The number of aliphatic hydroxyl groups excluding tert-OH is 1. The number of aromatic nitrogens is 3. The Bertz CT molecular complexity index is 1250. The third-order valence-electron chi connectivity index (χ3n) is 6.08. The molecule has 0 aliphatic carbocycles. The van der Waals surface area contributed by atoms with E-state index < -0.39 is 53.8 Å². The maximum atomic E-state index is 14.3. The number of hydrogen-bond acceptors (Lipinski definition) is 8. The van der Waals surface area contributed by atoms with Crippen LogP contribution in [0.1, 0.15) is 17.2 Å². The highest BCUT2D eigenvalue weighted by Crippen LogP contribution is 2.40. The molecule has 0 radical (unpaired) electrons. The van der Waals surface area contributed by atoms with E-state index in [0.717, 1.165) is 6.07 Å². The van der Waals surface area contributed by atoms with E-state index in [1.54, 1.807) is 6.07 Å². The summed E-state index contributed by atoms with van der Waals surface area (Å²) in [6.07, 6.45) is -7.16. The van der Waals surface area contributed by atoms with Crippen molar-refractivity contribution in [3.63, 3.8) is 0 Å². The van der Waals surface area contributed by atoms with E-state index in [1.807, 2.05) is 0 Å². The van der Waals surface area contributed by atoms with Gasteiger partial charge in [0.15, 0.2) is 11.8 Å². The van der Waals surface area contributed by atoms with Crippen molar-refractivity contribution < 1.29 is 41.6 Å². The molecule has 1 aromatic carbocycles. The number of rotatable bonds is 4. The van der Waals surface area contributed by atoms with Crippen LogP contribution in [-0.2, 0) is 15.7 Å². The molecule has 9 nitrogen and oxygen atoms in total. The van der Waals surface area contributed by atoms with E-state index in [4.69, 9.17) is 18.9 Å². The molecule has 0 amide bonds. The Hall–Kier alpha value is -3.16. The molecule has 0 saturated carbocycles. The number of halogens is 4. The Morgan fingerprint density at radius 1 is 1.12 bits per heavy atom.